The molecule has 3 heterocycles. The van der Waals surface area contributed by atoms with Gasteiger partial charge in [0.15, 0.2) is 0 Å². The average molecular weight is 341 g/mol. The molecule has 4 rings (SSSR count). The molecule has 3 N–H and O–H groups in total. The number of aromatic nitrogens is 2. The van der Waals surface area contributed by atoms with Crippen molar-refractivity contribution in [1.29, 1.82) is 0 Å². The van der Waals surface area contributed by atoms with E-state index in [0.29, 0.717) is 18.9 Å². The van der Waals surface area contributed by atoms with E-state index in [1.54, 1.807) is 6.07 Å². The van der Waals surface area contributed by atoms with Crippen molar-refractivity contribution in [3.8, 4) is 5.75 Å². The first-order valence-corrected chi connectivity index (χ1v) is 8.65. The van der Waals surface area contributed by atoms with Crippen LogP contribution in [0.5, 0.6) is 5.75 Å². The van der Waals surface area contributed by atoms with Crippen LogP contribution in [0.4, 0.5) is 11.6 Å². The molecule has 7 nitrogen and oxygen atoms in total. The summed E-state index contributed by atoms with van der Waals surface area (Å²) >= 11 is 0. The van der Waals surface area contributed by atoms with Gasteiger partial charge in [-0.25, -0.2) is 9.97 Å². The van der Waals surface area contributed by atoms with Crippen LogP contribution in [0, 0.1) is 0 Å². The minimum Gasteiger partial charge on any atom is -0.493 e. The molecule has 1 aromatic heterocycles. The third-order valence-corrected chi connectivity index (χ3v) is 4.74. The van der Waals surface area contributed by atoms with Crippen LogP contribution >= 0.6 is 0 Å². The Balaban J connectivity index is 1.44. The number of anilines is 2. The molecule has 2 aromatic rings. The van der Waals surface area contributed by atoms with Crippen LogP contribution in [0.1, 0.15) is 11.1 Å². The van der Waals surface area contributed by atoms with Crippen LogP contribution in [0.25, 0.3) is 0 Å². The number of nitrogen functional groups attached to an aromatic ring is 1. The van der Waals surface area contributed by atoms with Gasteiger partial charge >= 0.3 is 0 Å². The van der Waals surface area contributed by atoms with Gasteiger partial charge in [-0.15, -0.1) is 0 Å². The van der Waals surface area contributed by atoms with Crippen LogP contribution in [-0.2, 0) is 13.0 Å². The van der Waals surface area contributed by atoms with Crippen molar-refractivity contribution >= 4 is 11.6 Å². The van der Waals surface area contributed by atoms with Gasteiger partial charge in [0.05, 0.1) is 12.7 Å². The fourth-order valence-corrected chi connectivity index (χ4v) is 3.54. The number of rotatable bonds is 3. The Kier molecular flexibility index (Phi) is 4.42. The molecule has 2 aliphatic heterocycles. The van der Waals surface area contributed by atoms with E-state index in [1.807, 2.05) is 0 Å². The van der Waals surface area contributed by atoms with Gasteiger partial charge in [0.2, 0.25) is 0 Å². The van der Waals surface area contributed by atoms with Crippen molar-refractivity contribution in [2.75, 3.05) is 43.4 Å². The maximum Gasteiger partial charge on any atom is 0.134 e. The molecule has 0 aliphatic carbocycles. The molecule has 1 atom stereocenters. The number of β-amino-alcohol motifs (C(OH)–C–C–N with tert-alkyl or cyclic N) is 1. The largest absolute Gasteiger partial charge is 0.493 e. The lowest BCUT2D eigenvalue weighted by atomic mass is 10.1. The highest BCUT2D eigenvalue weighted by Crippen LogP contribution is 2.26. The van der Waals surface area contributed by atoms with Gasteiger partial charge in [0.25, 0.3) is 0 Å². The predicted molar refractivity (Wildman–Crippen MR) is 95.6 cm³/mol. The molecule has 0 spiro atoms. The van der Waals surface area contributed by atoms with Crippen molar-refractivity contribution in [1.82, 2.24) is 14.9 Å². The van der Waals surface area contributed by atoms with Crippen molar-refractivity contribution in [2.24, 2.45) is 0 Å². The second kappa shape index (κ2) is 6.85. The molecule has 0 unspecified atom stereocenters. The molecule has 0 saturated carbocycles. The molecule has 2 aliphatic rings. The Labute approximate surface area is 147 Å². The van der Waals surface area contributed by atoms with Gasteiger partial charge in [-0.1, -0.05) is 12.1 Å². The lowest BCUT2D eigenvalue weighted by Gasteiger charge is -2.22. The molecular formula is C18H23N5O2. The number of nitrogens with zero attached hydrogens (tertiary/aromatic N) is 4. The number of hydrogen-bond acceptors (Lipinski definition) is 7. The van der Waals surface area contributed by atoms with Crippen LogP contribution in [0.15, 0.2) is 30.6 Å². The van der Waals surface area contributed by atoms with E-state index in [9.17, 15) is 5.11 Å². The SMILES string of the molecule is Nc1cc(N2CCN(Cc3ccc4c(c3)CCO4)C[C@H](O)C2)ncn1. The second-order valence-corrected chi connectivity index (χ2v) is 6.68. The van der Waals surface area contributed by atoms with E-state index < -0.39 is 6.10 Å². The van der Waals surface area contributed by atoms with E-state index in [0.717, 1.165) is 44.2 Å². The maximum absolute atomic E-state index is 10.4. The van der Waals surface area contributed by atoms with Crippen LogP contribution in [0.2, 0.25) is 0 Å². The van der Waals surface area contributed by atoms with Gasteiger partial charge in [0.1, 0.15) is 23.7 Å². The van der Waals surface area contributed by atoms with Crippen molar-refractivity contribution < 1.29 is 9.84 Å². The Morgan fingerprint density at radius 1 is 1.20 bits per heavy atom. The topological polar surface area (TPSA) is 87.7 Å². The fourth-order valence-electron chi connectivity index (χ4n) is 3.54. The standard InChI is InChI=1S/C18H23N5O2/c19-17-8-18(21-12-20-17)23-5-4-22(10-15(24)11-23)9-13-1-2-16-14(7-13)3-6-25-16/h1-2,7-8,12,15,24H,3-6,9-11H2,(H2,19,20,21)/t15-/m0/s1. The summed E-state index contributed by atoms with van der Waals surface area (Å²) in [4.78, 5) is 12.6. The van der Waals surface area contributed by atoms with Crippen LogP contribution in [-0.4, -0.2) is 58.9 Å². The van der Waals surface area contributed by atoms with Crippen LogP contribution < -0.4 is 15.4 Å². The highest BCUT2D eigenvalue weighted by atomic mass is 16.5. The quantitative estimate of drug-likeness (QED) is 0.849. The highest BCUT2D eigenvalue weighted by molar-refractivity contribution is 5.46. The minimum atomic E-state index is -0.434. The van der Waals surface area contributed by atoms with Gasteiger partial charge < -0.3 is 20.5 Å². The summed E-state index contributed by atoms with van der Waals surface area (Å²) in [7, 11) is 0. The molecule has 0 amide bonds. The summed E-state index contributed by atoms with van der Waals surface area (Å²) in [6, 6.07) is 8.15. The zero-order chi connectivity index (χ0) is 17.2. The lowest BCUT2D eigenvalue weighted by molar-refractivity contribution is 0.129. The molecule has 1 aromatic carbocycles. The number of nitrogens with two attached hydrogens (primary N) is 1. The van der Waals surface area contributed by atoms with Crippen molar-refractivity contribution in [2.45, 2.75) is 19.1 Å². The third kappa shape index (κ3) is 3.67. The Hall–Kier alpha value is -2.38. The van der Waals surface area contributed by atoms with Gasteiger partial charge in [0, 0.05) is 45.2 Å². The third-order valence-electron chi connectivity index (χ3n) is 4.74. The fraction of sp³-hybridized carbons (Fsp3) is 0.444. The predicted octanol–water partition coefficient (Wildman–Crippen LogP) is 0.677. The normalized spacial score (nSPS) is 20.8. The van der Waals surface area contributed by atoms with E-state index in [-0.39, 0.29) is 0 Å². The van der Waals surface area contributed by atoms with Crippen molar-refractivity contribution in [3.63, 3.8) is 0 Å². The second-order valence-electron chi connectivity index (χ2n) is 6.68. The number of hydrogen-bond donors (Lipinski definition) is 2. The molecule has 25 heavy (non-hydrogen) atoms. The summed E-state index contributed by atoms with van der Waals surface area (Å²) in [5.41, 5.74) is 8.30. The highest BCUT2D eigenvalue weighted by Gasteiger charge is 2.23. The number of aliphatic hydroxyl groups excluding tert-OH is 1. The smallest absolute Gasteiger partial charge is 0.134 e. The summed E-state index contributed by atoms with van der Waals surface area (Å²) < 4.78 is 5.57. The summed E-state index contributed by atoms with van der Waals surface area (Å²) in [5, 5.41) is 10.4. The number of fused-ring (bicyclic) bond motifs is 1. The Bertz CT molecular complexity index is 754. The van der Waals surface area contributed by atoms with E-state index in [4.69, 9.17) is 10.5 Å². The average Bonchev–Trinajstić information content (AvgIpc) is 2.98. The molecule has 0 radical (unpaired) electrons. The molecule has 0 bridgehead atoms. The zero-order valence-corrected chi connectivity index (χ0v) is 14.1. The molecular weight excluding hydrogens is 318 g/mol. The Morgan fingerprint density at radius 2 is 2.12 bits per heavy atom. The summed E-state index contributed by atoms with van der Waals surface area (Å²) in [6.45, 7) is 4.44. The monoisotopic (exact) mass is 341 g/mol. The van der Waals surface area contributed by atoms with Gasteiger partial charge in [-0.2, -0.15) is 0 Å². The number of benzene rings is 1. The zero-order valence-electron chi connectivity index (χ0n) is 14.1. The van der Waals surface area contributed by atoms with Gasteiger partial charge in [-0.3, -0.25) is 4.90 Å². The van der Waals surface area contributed by atoms with Crippen LogP contribution in [0.3, 0.4) is 0 Å². The van der Waals surface area contributed by atoms with E-state index >= 15 is 0 Å². The molecule has 1 saturated heterocycles. The first kappa shape index (κ1) is 16.1. The molecule has 132 valence electrons. The van der Waals surface area contributed by atoms with Crippen molar-refractivity contribution in [3.05, 3.63) is 41.7 Å². The maximum atomic E-state index is 10.4. The Morgan fingerprint density at radius 3 is 3.00 bits per heavy atom. The minimum absolute atomic E-state index is 0.434. The van der Waals surface area contributed by atoms with Gasteiger partial charge in [-0.05, 0) is 17.2 Å². The van der Waals surface area contributed by atoms with E-state index in [1.165, 1.54) is 17.5 Å². The first-order chi connectivity index (χ1) is 12.2. The molecule has 7 heteroatoms. The van der Waals surface area contributed by atoms with E-state index in [2.05, 4.69) is 38.0 Å². The molecule has 1 fully saturated rings. The lowest BCUT2D eigenvalue weighted by Crippen LogP contribution is -2.33. The summed E-state index contributed by atoms with van der Waals surface area (Å²) in [5.74, 6) is 2.22. The number of ether oxygens (including phenoxy) is 1. The summed E-state index contributed by atoms with van der Waals surface area (Å²) in [6.07, 6.45) is 2.01. The number of aliphatic hydroxyl groups is 1. The first-order valence-electron chi connectivity index (χ1n) is 8.65.